The first-order valence-corrected chi connectivity index (χ1v) is 6.74. The molecule has 0 saturated carbocycles. The van der Waals surface area contributed by atoms with Crippen molar-refractivity contribution in [2.24, 2.45) is 0 Å². The summed E-state index contributed by atoms with van der Waals surface area (Å²) in [5.74, 6) is 0.549. The first kappa shape index (κ1) is 15.5. The van der Waals surface area contributed by atoms with Crippen molar-refractivity contribution in [3.05, 3.63) is 29.8 Å². The lowest BCUT2D eigenvalue weighted by molar-refractivity contribution is -0.142. The van der Waals surface area contributed by atoms with E-state index in [4.69, 9.17) is 14.6 Å². The maximum atomic E-state index is 11.4. The van der Waals surface area contributed by atoms with Crippen molar-refractivity contribution in [2.45, 2.75) is 32.6 Å². The summed E-state index contributed by atoms with van der Waals surface area (Å²) >= 11 is 0. The molecule has 0 unspecified atom stereocenters. The van der Waals surface area contributed by atoms with E-state index < -0.39 is 0 Å². The number of carbonyl (C=O) groups is 1. The highest BCUT2D eigenvalue weighted by Gasteiger charge is 2.04. The molecule has 0 saturated heterocycles. The Morgan fingerprint density at radius 2 is 2.11 bits per heavy atom. The third-order valence-electron chi connectivity index (χ3n) is 2.62. The van der Waals surface area contributed by atoms with Gasteiger partial charge in [0.1, 0.15) is 5.75 Å². The van der Waals surface area contributed by atoms with Gasteiger partial charge in [0.2, 0.25) is 0 Å². The quantitative estimate of drug-likeness (QED) is 0.550. The van der Waals surface area contributed by atoms with Crippen LogP contribution in [0.1, 0.15) is 31.7 Å². The van der Waals surface area contributed by atoms with Gasteiger partial charge in [-0.1, -0.05) is 12.1 Å². The Hall–Kier alpha value is -1.55. The molecule has 0 aromatic heterocycles. The van der Waals surface area contributed by atoms with Crippen LogP contribution < -0.4 is 4.74 Å². The SMILES string of the molecule is CCOC(=O)Cc1cccc(OCCCCCO)c1. The number of benzene rings is 1. The van der Waals surface area contributed by atoms with E-state index in [1.807, 2.05) is 24.3 Å². The molecule has 0 fully saturated rings. The lowest BCUT2D eigenvalue weighted by Crippen LogP contribution is -2.07. The van der Waals surface area contributed by atoms with E-state index in [2.05, 4.69) is 0 Å². The van der Waals surface area contributed by atoms with Gasteiger partial charge in [0.15, 0.2) is 0 Å². The molecule has 1 rings (SSSR count). The molecule has 0 atom stereocenters. The fourth-order valence-electron chi connectivity index (χ4n) is 1.70. The second kappa shape index (κ2) is 9.39. The van der Waals surface area contributed by atoms with Crippen molar-refractivity contribution in [3.63, 3.8) is 0 Å². The Morgan fingerprint density at radius 3 is 2.84 bits per heavy atom. The molecule has 0 aliphatic carbocycles. The third kappa shape index (κ3) is 6.82. The van der Waals surface area contributed by atoms with Crippen LogP contribution in [0.5, 0.6) is 5.75 Å². The molecule has 0 heterocycles. The largest absolute Gasteiger partial charge is 0.494 e. The van der Waals surface area contributed by atoms with E-state index in [0.717, 1.165) is 30.6 Å². The normalized spacial score (nSPS) is 10.2. The second-order valence-electron chi connectivity index (χ2n) is 4.26. The number of rotatable bonds is 9. The lowest BCUT2D eigenvalue weighted by atomic mass is 10.1. The number of ether oxygens (including phenoxy) is 2. The molecule has 4 heteroatoms. The van der Waals surface area contributed by atoms with Crippen LogP contribution in [0.4, 0.5) is 0 Å². The van der Waals surface area contributed by atoms with Crippen LogP contribution in [-0.2, 0) is 16.0 Å². The van der Waals surface area contributed by atoms with Crippen molar-refractivity contribution < 1.29 is 19.4 Å². The first-order valence-electron chi connectivity index (χ1n) is 6.74. The van der Waals surface area contributed by atoms with Crippen LogP contribution in [0.3, 0.4) is 0 Å². The number of hydrogen-bond acceptors (Lipinski definition) is 4. The van der Waals surface area contributed by atoms with Crippen LogP contribution in [0.2, 0.25) is 0 Å². The highest BCUT2D eigenvalue weighted by Crippen LogP contribution is 2.14. The topological polar surface area (TPSA) is 55.8 Å². The molecular formula is C15H22O4. The number of aliphatic hydroxyl groups is 1. The fraction of sp³-hybridized carbons (Fsp3) is 0.533. The Bertz CT molecular complexity index is 376. The van der Waals surface area contributed by atoms with Crippen LogP contribution in [0.25, 0.3) is 0 Å². The zero-order valence-corrected chi connectivity index (χ0v) is 11.4. The number of hydrogen-bond donors (Lipinski definition) is 1. The predicted octanol–water partition coefficient (Wildman–Crippen LogP) is 2.33. The van der Waals surface area contributed by atoms with Gasteiger partial charge >= 0.3 is 5.97 Å². The molecule has 0 spiro atoms. The summed E-state index contributed by atoms with van der Waals surface area (Å²) in [5, 5.41) is 8.66. The number of unbranched alkanes of at least 4 members (excludes halogenated alkanes) is 2. The van der Waals surface area contributed by atoms with Gasteiger partial charge in [-0.25, -0.2) is 0 Å². The van der Waals surface area contributed by atoms with Gasteiger partial charge < -0.3 is 14.6 Å². The number of aliphatic hydroxyl groups excluding tert-OH is 1. The van der Waals surface area contributed by atoms with Crippen LogP contribution in [0.15, 0.2) is 24.3 Å². The van der Waals surface area contributed by atoms with E-state index in [1.54, 1.807) is 6.92 Å². The van der Waals surface area contributed by atoms with Gasteiger partial charge in [-0.3, -0.25) is 4.79 Å². The molecule has 1 aromatic carbocycles. The Morgan fingerprint density at radius 1 is 1.26 bits per heavy atom. The average Bonchev–Trinajstić information content (AvgIpc) is 2.39. The zero-order valence-electron chi connectivity index (χ0n) is 11.4. The third-order valence-corrected chi connectivity index (χ3v) is 2.62. The van der Waals surface area contributed by atoms with Gasteiger partial charge in [0.25, 0.3) is 0 Å². The minimum Gasteiger partial charge on any atom is -0.494 e. The number of esters is 1. The minimum atomic E-state index is -0.220. The zero-order chi connectivity index (χ0) is 13.9. The maximum absolute atomic E-state index is 11.4. The molecule has 0 bridgehead atoms. The monoisotopic (exact) mass is 266 g/mol. The van der Waals surface area contributed by atoms with Crippen molar-refractivity contribution in [3.8, 4) is 5.75 Å². The van der Waals surface area contributed by atoms with Gasteiger partial charge in [0, 0.05) is 6.61 Å². The lowest BCUT2D eigenvalue weighted by Gasteiger charge is -2.08. The van der Waals surface area contributed by atoms with Gasteiger partial charge in [-0.2, -0.15) is 0 Å². The molecule has 19 heavy (non-hydrogen) atoms. The first-order chi connectivity index (χ1) is 9.26. The second-order valence-corrected chi connectivity index (χ2v) is 4.26. The molecule has 4 nitrogen and oxygen atoms in total. The summed E-state index contributed by atoms with van der Waals surface area (Å²) in [6.45, 7) is 3.06. The Kier molecular flexibility index (Phi) is 7.66. The predicted molar refractivity (Wildman–Crippen MR) is 73.2 cm³/mol. The molecular weight excluding hydrogens is 244 g/mol. The van der Waals surface area contributed by atoms with E-state index >= 15 is 0 Å². The Labute approximate surface area is 114 Å². The average molecular weight is 266 g/mol. The van der Waals surface area contributed by atoms with Gasteiger partial charge in [0.05, 0.1) is 19.6 Å². The van der Waals surface area contributed by atoms with Crippen LogP contribution in [-0.4, -0.2) is 30.9 Å². The van der Waals surface area contributed by atoms with Gasteiger partial charge in [-0.15, -0.1) is 0 Å². The van der Waals surface area contributed by atoms with Crippen molar-refractivity contribution in [2.75, 3.05) is 19.8 Å². The fourth-order valence-corrected chi connectivity index (χ4v) is 1.70. The summed E-state index contributed by atoms with van der Waals surface area (Å²) < 4.78 is 10.5. The summed E-state index contributed by atoms with van der Waals surface area (Å²) in [7, 11) is 0. The number of carbonyl (C=O) groups excluding carboxylic acids is 1. The highest BCUT2D eigenvalue weighted by molar-refractivity contribution is 5.72. The molecule has 0 radical (unpaired) electrons. The molecule has 0 aliphatic rings. The van der Waals surface area contributed by atoms with E-state index in [1.165, 1.54) is 0 Å². The highest BCUT2D eigenvalue weighted by atomic mass is 16.5. The summed E-state index contributed by atoms with van der Waals surface area (Å²) in [6.07, 6.45) is 2.96. The van der Waals surface area contributed by atoms with Crippen molar-refractivity contribution in [1.29, 1.82) is 0 Å². The maximum Gasteiger partial charge on any atom is 0.310 e. The van der Waals surface area contributed by atoms with Crippen molar-refractivity contribution in [1.82, 2.24) is 0 Å². The minimum absolute atomic E-state index is 0.220. The van der Waals surface area contributed by atoms with Crippen LogP contribution >= 0.6 is 0 Å². The van der Waals surface area contributed by atoms with E-state index in [9.17, 15) is 4.79 Å². The molecule has 1 aromatic rings. The summed E-state index contributed by atoms with van der Waals surface area (Å²) in [5.41, 5.74) is 0.895. The molecule has 0 aliphatic heterocycles. The standard InChI is InChI=1S/C15H22O4/c1-2-18-15(17)12-13-7-6-8-14(11-13)19-10-5-3-4-9-16/h6-8,11,16H,2-5,9-10,12H2,1H3. The molecule has 106 valence electrons. The Balaban J connectivity index is 2.37. The van der Waals surface area contributed by atoms with Crippen LogP contribution in [0, 0.1) is 0 Å². The van der Waals surface area contributed by atoms with Gasteiger partial charge in [-0.05, 0) is 43.9 Å². The summed E-state index contributed by atoms with van der Waals surface area (Å²) in [6, 6.07) is 7.50. The molecule has 1 N–H and O–H groups in total. The molecule has 0 amide bonds. The van der Waals surface area contributed by atoms with E-state index in [0.29, 0.717) is 13.2 Å². The smallest absolute Gasteiger partial charge is 0.310 e. The van der Waals surface area contributed by atoms with Crippen molar-refractivity contribution >= 4 is 5.97 Å². The van der Waals surface area contributed by atoms with E-state index in [-0.39, 0.29) is 19.0 Å². The summed E-state index contributed by atoms with van der Waals surface area (Å²) in [4.78, 5) is 11.4.